The van der Waals surface area contributed by atoms with E-state index < -0.39 is 73.2 Å². The molecule has 0 aromatic heterocycles. The molecule has 16 nitrogen and oxygen atoms in total. The number of amides is 4. The first-order valence-electron chi connectivity index (χ1n) is 14.3. The van der Waals surface area contributed by atoms with Crippen molar-refractivity contribution < 1.29 is 38.2 Å². The number of nitrogens with zero attached hydrogens (tertiary/aromatic N) is 4. The second-order valence-corrected chi connectivity index (χ2v) is 10.7. The number of carbonyl (C=O) groups is 6. The van der Waals surface area contributed by atoms with Crippen LogP contribution >= 0.6 is 17.0 Å². The van der Waals surface area contributed by atoms with Crippen molar-refractivity contribution >= 4 is 52.5 Å². The molecule has 0 radical (unpaired) electrons. The van der Waals surface area contributed by atoms with Crippen LogP contribution in [0.5, 0.6) is 0 Å². The van der Waals surface area contributed by atoms with Gasteiger partial charge in [0.05, 0.1) is 26.2 Å². The number of esters is 2. The number of imide groups is 2. The average Bonchev–Trinajstić information content (AvgIpc) is 2.95. The molecule has 43 heavy (non-hydrogen) atoms. The Morgan fingerprint density at radius 3 is 1.23 bits per heavy atom. The number of hydrogen-bond donors (Lipinski definition) is 4. The lowest BCUT2D eigenvalue weighted by Gasteiger charge is -2.43. The third-order valence-corrected chi connectivity index (χ3v) is 7.62. The maximum absolute atomic E-state index is 12.7. The molecule has 2 heterocycles. The molecular formula is C26H47BrN8O8. The van der Waals surface area contributed by atoms with E-state index >= 15 is 0 Å². The lowest BCUT2D eigenvalue weighted by Crippen LogP contribution is -2.63. The fraction of sp³-hybridized carbons (Fsp3) is 0.769. The van der Waals surface area contributed by atoms with E-state index in [2.05, 4.69) is 0 Å². The number of nitrogens with two attached hydrogens (primary N) is 4. The molecule has 0 aromatic rings. The first-order chi connectivity index (χ1) is 19.9. The molecule has 0 bridgehead atoms. The van der Waals surface area contributed by atoms with Gasteiger partial charge in [-0.15, -0.1) is 17.0 Å². The van der Waals surface area contributed by atoms with Crippen LogP contribution in [-0.2, 0) is 38.2 Å². The summed E-state index contributed by atoms with van der Waals surface area (Å²) in [6.07, 6.45) is 3.52. The Morgan fingerprint density at radius 1 is 0.651 bits per heavy atom. The zero-order valence-corrected chi connectivity index (χ0v) is 26.7. The SMILES string of the molecule is Br.C[C@H]([C@H](C)N1CC(=O)N(COC(=O)[C@@H](N)CCCCN)C(=O)C1)N1CC(=O)N(COC(=O)[C@@H](N)CCCCN)C(=O)C1. The van der Waals surface area contributed by atoms with Gasteiger partial charge in [0.1, 0.15) is 12.1 Å². The summed E-state index contributed by atoms with van der Waals surface area (Å²) >= 11 is 0. The predicted octanol–water partition coefficient (Wildman–Crippen LogP) is -2.40. The van der Waals surface area contributed by atoms with Gasteiger partial charge in [0, 0.05) is 12.1 Å². The standard InChI is InChI=1S/C26H46N8O8.BrH/c1-17(31-11-21(35)33(22(36)12-31)15-41-25(39)19(29)7-3-5-9-27)18(2)32-13-23(37)34(24(38)14-32)16-42-26(40)20(30)8-4-6-10-28;/h17-20H,3-16,27-30H2,1-2H3;1H/t17-,18+,19-,20-;/m0./s1. The quantitative estimate of drug-likeness (QED) is 0.0712. The molecule has 0 aromatic carbocycles. The molecule has 0 saturated carbocycles. The van der Waals surface area contributed by atoms with E-state index in [0.29, 0.717) is 38.8 Å². The molecule has 0 unspecified atom stereocenters. The number of ether oxygens (including phenoxy) is 2. The number of rotatable bonds is 17. The van der Waals surface area contributed by atoms with Gasteiger partial charge < -0.3 is 32.4 Å². The second kappa shape index (κ2) is 19.0. The van der Waals surface area contributed by atoms with Gasteiger partial charge in [-0.2, -0.15) is 0 Å². The van der Waals surface area contributed by atoms with Crippen LogP contribution in [-0.4, -0.2) is 132 Å². The first kappa shape index (κ1) is 38.5. The van der Waals surface area contributed by atoms with Crippen LogP contribution in [0.25, 0.3) is 0 Å². The van der Waals surface area contributed by atoms with Crippen LogP contribution in [0.3, 0.4) is 0 Å². The Balaban J connectivity index is 0.00000924. The predicted molar refractivity (Wildman–Crippen MR) is 160 cm³/mol. The molecule has 0 aliphatic carbocycles. The zero-order valence-electron chi connectivity index (χ0n) is 25.0. The van der Waals surface area contributed by atoms with Gasteiger partial charge in [0.2, 0.25) is 23.6 Å². The maximum Gasteiger partial charge on any atom is 0.324 e. The van der Waals surface area contributed by atoms with E-state index in [0.717, 1.165) is 22.6 Å². The van der Waals surface area contributed by atoms with E-state index in [4.69, 9.17) is 32.4 Å². The van der Waals surface area contributed by atoms with Crippen LogP contribution in [0.15, 0.2) is 0 Å². The van der Waals surface area contributed by atoms with Gasteiger partial charge in [-0.3, -0.25) is 38.6 Å². The van der Waals surface area contributed by atoms with Crippen molar-refractivity contribution in [3.05, 3.63) is 0 Å². The van der Waals surface area contributed by atoms with Crippen molar-refractivity contribution in [2.45, 2.75) is 76.5 Å². The molecule has 4 amide bonds. The van der Waals surface area contributed by atoms with Crippen LogP contribution in [0.1, 0.15) is 52.4 Å². The van der Waals surface area contributed by atoms with Crippen LogP contribution in [0.2, 0.25) is 0 Å². The maximum atomic E-state index is 12.7. The molecule has 2 aliphatic heterocycles. The Kier molecular flexibility index (Phi) is 17.0. The topological polar surface area (TPSA) is 238 Å². The van der Waals surface area contributed by atoms with E-state index in [9.17, 15) is 28.8 Å². The molecule has 8 N–H and O–H groups in total. The van der Waals surface area contributed by atoms with Crippen molar-refractivity contribution in [1.82, 2.24) is 19.6 Å². The normalized spacial score (nSPS) is 19.5. The van der Waals surface area contributed by atoms with Crippen molar-refractivity contribution in [3.8, 4) is 0 Å². The van der Waals surface area contributed by atoms with Crippen LogP contribution in [0.4, 0.5) is 0 Å². The molecule has 246 valence electrons. The van der Waals surface area contributed by atoms with Gasteiger partial charge in [0.25, 0.3) is 0 Å². The molecule has 2 saturated heterocycles. The fourth-order valence-corrected chi connectivity index (χ4v) is 4.62. The highest BCUT2D eigenvalue weighted by Gasteiger charge is 2.40. The number of halogens is 1. The highest BCUT2D eigenvalue weighted by Crippen LogP contribution is 2.18. The summed E-state index contributed by atoms with van der Waals surface area (Å²) in [6, 6.07) is -2.53. The minimum Gasteiger partial charge on any atom is -0.443 e. The van der Waals surface area contributed by atoms with E-state index in [-0.39, 0.29) is 43.2 Å². The van der Waals surface area contributed by atoms with Gasteiger partial charge in [-0.05, 0) is 52.6 Å². The lowest BCUT2D eigenvalue weighted by atomic mass is 10.1. The van der Waals surface area contributed by atoms with E-state index in [1.54, 1.807) is 23.6 Å². The molecule has 2 aliphatic rings. The van der Waals surface area contributed by atoms with Crippen LogP contribution < -0.4 is 22.9 Å². The van der Waals surface area contributed by atoms with Gasteiger partial charge in [-0.25, -0.2) is 9.80 Å². The third-order valence-electron chi connectivity index (χ3n) is 7.62. The van der Waals surface area contributed by atoms with E-state index in [1.807, 2.05) is 0 Å². The molecule has 0 spiro atoms. The van der Waals surface area contributed by atoms with Crippen molar-refractivity contribution in [2.24, 2.45) is 22.9 Å². The van der Waals surface area contributed by atoms with Gasteiger partial charge in [0.15, 0.2) is 13.5 Å². The Labute approximate surface area is 262 Å². The van der Waals surface area contributed by atoms with Gasteiger partial charge >= 0.3 is 11.9 Å². The van der Waals surface area contributed by atoms with E-state index in [1.165, 1.54) is 0 Å². The highest BCUT2D eigenvalue weighted by atomic mass is 79.9. The minimum atomic E-state index is -0.870. The second-order valence-electron chi connectivity index (χ2n) is 10.7. The van der Waals surface area contributed by atoms with Crippen molar-refractivity contribution in [1.29, 1.82) is 0 Å². The molecular weight excluding hydrogens is 632 g/mol. The summed E-state index contributed by atoms with van der Waals surface area (Å²) in [5.41, 5.74) is 22.5. The molecule has 17 heteroatoms. The summed E-state index contributed by atoms with van der Waals surface area (Å²) in [6.45, 7) is 3.01. The average molecular weight is 680 g/mol. The monoisotopic (exact) mass is 678 g/mol. The van der Waals surface area contributed by atoms with Crippen LogP contribution in [0, 0.1) is 0 Å². The Bertz CT molecular complexity index is 877. The number of hydrogen-bond acceptors (Lipinski definition) is 14. The number of unbranched alkanes of at least 4 members (excludes halogenated alkanes) is 2. The molecule has 2 rings (SSSR count). The molecule has 2 fully saturated rings. The largest absolute Gasteiger partial charge is 0.443 e. The van der Waals surface area contributed by atoms with Gasteiger partial charge in [-0.1, -0.05) is 12.8 Å². The fourth-order valence-electron chi connectivity index (χ4n) is 4.62. The summed E-state index contributed by atoms with van der Waals surface area (Å²) < 4.78 is 10.2. The van der Waals surface area contributed by atoms with Crippen molar-refractivity contribution in [3.63, 3.8) is 0 Å². The smallest absolute Gasteiger partial charge is 0.324 e. The summed E-state index contributed by atoms with van der Waals surface area (Å²) in [5.74, 6) is -3.59. The zero-order chi connectivity index (χ0) is 31.4. The minimum absolute atomic E-state index is 0. The summed E-state index contributed by atoms with van der Waals surface area (Å²) in [5, 5.41) is 0. The third kappa shape index (κ3) is 11.5. The Morgan fingerprint density at radius 2 is 0.953 bits per heavy atom. The molecule has 4 atom stereocenters. The van der Waals surface area contributed by atoms with Crippen molar-refractivity contribution in [2.75, 3.05) is 52.7 Å². The summed E-state index contributed by atoms with van der Waals surface area (Å²) in [7, 11) is 0. The Hall–Kier alpha value is -2.54. The highest BCUT2D eigenvalue weighted by molar-refractivity contribution is 8.93. The number of piperazine rings is 2. The lowest BCUT2D eigenvalue weighted by molar-refractivity contribution is -0.169. The summed E-state index contributed by atoms with van der Waals surface area (Å²) in [4.78, 5) is 80.3. The number of carbonyl (C=O) groups excluding carboxylic acids is 6. The first-order valence-corrected chi connectivity index (χ1v) is 14.3.